The summed E-state index contributed by atoms with van der Waals surface area (Å²) < 4.78 is 0. The summed E-state index contributed by atoms with van der Waals surface area (Å²) >= 11 is 0. The van der Waals surface area contributed by atoms with Gasteiger partial charge in [0, 0.05) is 24.9 Å². The first kappa shape index (κ1) is 13.3. The lowest BCUT2D eigenvalue weighted by Gasteiger charge is -2.30. The molecule has 1 nitrogen and oxygen atoms in total. The van der Waals surface area contributed by atoms with E-state index in [1.54, 1.807) is 0 Å². The number of fused-ring (bicyclic) bond motifs is 1. The van der Waals surface area contributed by atoms with Crippen LogP contribution in [0.15, 0.2) is 60.8 Å². The van der Waals surface area contributed by atoms with Crippen LogP contribution >= 0.6 is 0 Å². The van der Waals surface area contributed by atoms with Crippen LogP contribution in [-0.4, -0.2) is 7.05 Å². The normalized spacial score (nSPS) is 13.5. The summed E-state index contributed by atoms with van der Waals surface area (Å²) in [6.07, 6.45) is 4.77. The van der Waals surface area contributed by atoms with Crippen molar-refractivity contribution in [2.75, 3.05) is 11.9 Å². The van der Waals surface area contributed by atoms with Crippen molar-refractivity contribution in [3.8, 4) is 0 Å². The molecule has 1 aromatic carbocycles. The SMILES string of the molecule is C=CC1=C(C=C)N(C)c2ccccc2C1.CC. The fraction of sp³-hybridized carbons (Fsp3) is 0.250. The first-order valence-electron chi connectivity index (χ1n) is 6.07. The molecule has 0 saturated heterocycles. The molecule has 0 aliphatic carbocycles. The zero-order valence-corrected chi connectivity index (χ0v) is 11.0. The van der Waals surface area contributed by atoms with Gasteiger partial charge in [-0.15, -0.1) is 0 Å². The molecule has 0 radical (unpaired) electrons. The second-order valence-corrected chi connectivity index (χ2v) is 3.68. The van der Waals surface area contributed by atoms with Gasteiger partial charge in [0.25, 0.3) is 0 Å². The number of hydrogen-bond donors (Lipinski definition) is 0. The lowest BCUT2D eigenvalue weighted by Crippen LogP contribution is -2.22. The molecule has 1 heteroatoms. The van der Waals surface area contributed by atoms with Gasteiger partial charge in [-0.3, -0.25) is 0 Å². The molecule has 0 aromatic heterocycles. The summed E-state index contributed by atoms with van der Waals surface area (Å²) in [5, 5.41) is 0. The van der Waals surface area contributed by atoms with Crippen molar-refractivity contribution in [3.05, 3.63) is 66.4 Å². The standard InChI is InChI=1S/C14H15N.C2H6/c1-4-11-10-12-8-6-7-9-14(12)15(3)13(11)5-2;1-2/h4-9H,1-2,10H2,3H3;1-2H3. The third kappa shape index (κ3) is 2.50. The molecule has 17 heavy (non-hydrogen) atoms. The Kier molecular flexibility index (Phi) is 4.77. The fourth-order valence-corrected chi connectivity index (χ4v) is 2.07. The summed E-state index contributed by atoms with van der Waals surface area (Å²) in [4.78, 5) is 2.17. The minimum Gasteiger partial charge on any atom is -0.344 e. The van der Waals surface area contributed by atoms with E-state index < -0.39 is 0 Å². The Hall–Kier alpha value is -1.76. The van der Waals surface area contributed by atoms with Gasteiger partial charge in [0.15, 0.2) is 0 Å². The first-order valence-corrected chi connectivity index (χ1v) is 6.07. The highest BCUT2D eigenvalue weighted by Gasteiger charge is 2.18. The van der Waals surface area contributed by atoms with Gasteiger partial charge in [-0.05, 0) is 23.3 Å². The van der Waals surface area contributed by atoms with Crippen LogP contribution in [0.5, 0.6) is 0 Å². The number of hydrogen-bond acceptors (Lipinski definition) is 1. The van der Waals surface area contributed by atoms with E-state index in [1.807, 2.05) is 26.0 Å². The van der Waals surface area contributed by atoms with Crippen LogP contribution in [-0.2, 0) is 6.42 Å². The van der Waals surface area contributed by atoms with Crippen LogP contribution < -0.4 is 4.90 Å². The lowest BCUT2D eigenvalue weighted by atomic mass is 9.96. The maximum absolute atomic E-state index is 3.86. The maximum atomic E-state index is 3.86. The second-order valence-electron chi connectivity index (χ2n) is 3.68. The molecule has 1 aliphatic rings. The molecule has 0 fully saturated rings. The topological polar surface area (TPSA) is 3.24 Å². The molecule has 0 bridgehead atoms. The molecule has 0 amide bonds. The van der Waals surface area contributed by atoms with E-state index in [4.69, 9.17) is 0 Å². The highest BCUT2D eigenvalue weighted by Crippen LogP contribution is 2.32. The van der Waals surface area contributed by atoms with Crippen molar-refractivity contribution in [2.24, 2.45) is 0 Å². The first-order chi connectivity index (χ1) is 8.27. The minimum absolute atomic E-state index is 0.950. The summed E-state index contributed by atoms with van der Waals surface area (Å²) in [7, 11) is 2.07. The maximum Gasteiger partial charge on any atom is 0.0444 e. The number of nitrogens with zero attached hydrogens (tertiary/aromatic N) is 1. The molecule has 2 rings (SSSR count). The molecular formula is C16H21N. The van der Waals surface area contributed by atoms with Crippen LogP contribution in [0.3, 0.4) is 0 Å². The molecule has 90 valence electrons. The number of anilines is 1. The van der Waals surface area contributed by atoms with Gasteiger partial charge in [-0.2, -0.15) is 0 Å². The van der Waals surface area contributed by atoms with Crippen LogP contribution in [0.2, 0.25) is 0 Å². The Bertz CT molecular complexity index is 441. The van der Waals surface area contributed by atoms with Crippen molar-refractivity contribution >= 4 is 5.69 Å². The van der Waals surface area contributed by atoms with Crippen molar-refractivity contribution in [1.82, 2.24) is 0 Å². The van der Waals surface area contributed by atoms with Crippen LogP contribution in [0, 0.1) is 0 Å². The minimum atomic E-state index is 0.950. The summed E-state index contributed by atoms with van der Waals surface area (Å²) in [5.74, 6) is 0. The van der Waals surface area contributed by atoms with E-state index in [2.05, 4.69) is 49.4 Å². The Morgan fingerprint density at radius 3 is 2.35 bits per heavy atom. The number of benzene rings is 1. The van der Waals surface area contributed by atoms with Crippen molar-refractivity contribution in [2.45, 2.75) is 20.3 Å². The largest absolute Gasteiger partial charge is 0.344 e. The van der Waals surface area contributed by atoms with Crippen LogP contribution in [0.4, 0.5) is 5.69 Å². The number of para-hydroxylation sites is 1. The monoisotopic (exact) mass is 227 g/mol. The molecule has 0 N–H and O–H groups in total. The van der Waals surface area contributed by atoms with E-state index in [-0.39, 0.29) is 0 Å². The third-order valence-electron chi connectivity index (χ3n) is 2.86. The molecule has 0 spiro atoms. The highest BCUT2D eigenvalue weighted by atomic mass is 15.1. The Morgan fingerprint density at radius 1 is 1.12 bits per heavy atom. The van der Waals surface area contributed by atoms with Crippen LogP contribution in [0.25, 0.3) is 0 Å². The predicted molar refractivity (Wildman–Crippen MR) is 77.3 cm³/mol. The van der Waals surface area contributed by atoms with Gasteiger partial charge in [-0.1, -0.05) is 51.3 Å². The molecule has 1 heterocycles. The zero-order valence-electron chi connectivity index (χ0n) is 11.0. The zero-order chi connectivity index (χ0) is 12.8. The van der Waals surface area contributed by atoms with Gasteiger partial charge in [0.2, 0.25) is 0 Å². The van der Waals surface area contributed by atoms with Crippen molar-refractivity contribution in [3.63, 3.8) is 0 Å². The molecular weight excluding hydrogens is 206 g/mol. The molecule has 0 saturated carbocycles. The van der Waals surface area contributed by atoms with E-state index >= 15 is 0 Å². The quantitative estimate of drug-likeness (QED) is 0.727. The van der Waals surface area contributed by atoms with Gasteiger partial charge in [-0.25, -0.2) is 0 Å². The fourth-order valence-electron chi connectivity index (χ4n) is 2.07. The Morgan fingerprint density at radius 2 is 1.76 bits per heavy atom. The average molecular weight is 227 g/mol. The second kappa shape index (κ2) is 6.09. The predicted octanol–water partition coefficient (Wildman–Crippen LogP) is 4.33. The van der Waals surface area contributed by atoms with E-state index in [0.29, 0.717) is 0 Å². The molecule has 0 atom stereocenters. The van der Waals surface area contributed by atoms with E-state index in [1.165, 1.54) is 16.8 Å². The van der Waals surface area contributed by atoms with Crippen molar-refractivity contribution in [1.29, 1.82) is 0 Å². The lowest BCUT2D eigenvalue weighted by molar-refractivity contribution is 1.01. The average Bonchev–Trinajstić information content (AvgIpc) is 2.41. The van der Waals surface area contributed by atoms with Gasteiger partial charge in [0.1, 0.15) is 0 Å². The summed E-state index contributed by atoms with van der Waals surface area (Å²) in [5.41, 5.74) is 5.01. The molecule has 0 unspecified atom stereocenters. The number of allylic oxidation sites excluding steroid dienone is 3. The van der Waals surface area contributed by atoms with Gasteiger partial charge < -0.3 is 4.90 Å². The Balaban J connectivity index is 0.000000686. The van der Waals surface area contributed by atoms with E-state index in [0.717, 1.165) is 12.1 Å². The summed E-state index contributed by atoms with van der Waals surface area (Å²) in [6.45, 7) is 11.7. The van der Waals surface area contributed by atoms with Gasteiger partial charge in [0.05, 0.1) is 0 Å². The summed E-state index contributed by atoms with van der Waals surface area (Å²) in [6, 6.07) is 8.44. The molecule has 1 aromatic rings. The third-order valence-corrected chi connectivity index (χ3v) is 2.86. The Labute approximate surface area is 105 Å². The van der Waals surface area contributed by atoms with E-state index in [9.17, 15) is 0 Å². The molecule has 1 aliphatic heterocycles. The van der Waals surface area contributed by atoms with Crippen molar-refractivity contribution < 1.29 is 0 Å². The number of rotatable bonds is 2. The van der Waals surface area contributed by atoms with Gasteiger partial charge >= 0.3 is 0 Å². The number of likely N-dealkylation sites (N-methyl/N-ethyl adjacent to an activating group) is 1. The smallest absolute Gasteiger partial charge is 0.0444 e. The highest BCUT2D eigenvalue weighted by molar-refractivity contribution is 5.65. The van der Waals surface area contributed by atoms with Crippen LogP contribution in [0.1, 0.15) is 19.4 Å².